The van der Waals surface area contributed by atoms with Gasteiger partial charge in [0.15, 0.2) is 0 Å². The smallest absolute Gasteiger partial charge is 0.315 e. The second-order valence-corrected chi connectivity index (χ2v) is 6.54. The average molecular weight is 308 g/mol. The van der Waals surface area contributed by atoms with Gasteiger partial charge in [-0.25, -0.2) is 0 Å². The van der Waals surface area contributed by atoms with Crippen molar-refractivity contribution in [3.05, 3.63) is 59.7 Å². The van der Waals surface area contributed by atoms with Crippen molar-refractivity contribution in [2.45, 2.75) is 31.3 Å². The Hall–Kier alpha value is -2.33. The lowest BCUT2D eigenvalue weighted by molar-refractivity contribution is -0.133. The summed E-state index contributed by atoms with van der Waals surface area (Å²) in [4.78, 5) is 12.1. The van der Waals surface area contributed by atoms with Gasteiger partial charge in [0.1, 0.15) is 5.75 Å². The molecule has 0 radical (unpaired) electrons. The highest BCUT2D eigenvalue weighted by atomic mass is 16.5. The van der Waals surface area contributed by atoms with Crippen LogP contribution in [0.4, 0.5) is 5.69 Å². The number of benzene rings is 2. The summed E-state index contributed by atoms with van der Waals surface area (Å²) < 4.78 is 5.55. The van der Waals surface area contributed by atoms with E-state index in [1.54, 1.807) is 0 Å². The quantitative estimate of drug-likeness (QED) is 0.676. The monoisotopic (exact) mass is 308 g/mol. The molecule has 1 fully saturated rings. The summed E-state index contributed by atoms with van der Waals surface area (Å²) in [5.41, 5.74) is 3.40. The number of carbonyl (C=O) groups is 1. The first-order valence-corrected chi connectivity index (χ1v) is 8.04. The zero-order valence-corrected chi connectivity index (χ0v) is 13.1. The van der Waals surface area contributed by atoms with Crippen molar-refractivity contribution in [3.63, 3.8) is 0 Å². The van der Waals surface area contributed by atoms with E-state index in [0.29, 0.717) is 5.75 Å². The molecular weight excluding hydrogens is 288 g/mol. The molecule has 23 heavy (non-hydrogen) atoms. The Morgan fingerprint density at radius 1 is 1.26 bits per heavy atom. The van der Waals surface area contributed by atoms with E-state index in [9.17, 15) is 4.79 Å². The van der Waals surface area contributed by atoms with Crippen molar-refractivity contribution in [3.8, 4) is 5.75 Å². The molecule has 0 spiro atoms. The number of nitrogens with one attached hydrogen (secondary N) is 2. The molecule has 0 aromatic heterocycles. The summed E-state index contributed by atoms with van der Waals surface area (Å²) in [6, 6.07) is 15.5. The molecule has 2 heterocycles. The maximum atomic E-state index is 12.1. The molecule has 2 aromatic carbocycles. The van der Waals surface area contributed by atoms with E-state index in [1.807, 2.05) is 48.5 Å². The first-order chi connectivity index (χ1) is 11.1. The third-order valence-electron chi connectivity index (χ3n) is 4.96. The highest BCUT2D eigenvalue weighted by molar-refractivity contribution is 5.76. The lowest BCUT2D eigenvalue weighted by Crippen LogP contribution is -2.38. The maximum absolute atomic E-state index is 12.1. The van der Waals surface area contributed by atoms with Crippen LogP contribution in [0.15, 0.2) is 48.5 Å². The molecular formula is C19H20N2O2. The number of fused-ring (bicyclic) bond motifs is 3. The lowest BCUT2D eigenvalue weighted by Gasteiger charge is -2.23. The Morgan fingerprint density at radius 3 is 2.91 bits per heavy atom. The predicted octanol–water partition coefficient (Wildman–Crippen LogP) is 2.84. The predicted molar refractivity (Wildman–Crippen MR) is 89.6 cm³/mol. The highest BCUT2D eigenvalue weighted by Crippen LogP contribution is 2.46. The van der Waals surface area contributed by atoms with Gasteiger partial charge in [0.25, 0.3) is 0 Å². The van der Waals surface area contributed by atoms with Crippen molar-refractivity contribution in [1.29, 1.82) is 0 Å². The second-order valence-electron chi connectivity index (χ2n) is 6.54. The van der Waals surface area contributed by atoms with E-state index >= 15 is 0 Å². The minimum absolute atomic E-state index is 0.0666. The average Bonchev–Trinajstić information content (AvgIpc) is 3.03. The van der Waals surface area contributed by atoms with Crippen LogP contribution in [0.3, 0.4) is 0 Å². The van der Waals surface area contributed by atoms with Gasteiger partial charge in [0.05, 0.1) is 12.6 Å². The van der Waals surface area contributed by atoms with E-state index < -0.39 is 0 Å². The minimum Gasteiger partial charge on any atom is -0.426 e. The van der Waals surface area contributed by atoms with E-state index in [0.717, 1.165) is 24.2 Å². The van der Waals surface area contributed by atoms with Gasteiger partial charge < -0.3 is 10.1 Å². The zero-order valence-electron chi connectivity index (χ0n) is 13.1. The number of hydrogen-bond acceptors (Lipinski definition) is 4. The summed E-state index contributed by atoms with van der Waals surface area (Å²) in [5.74, 6) is 0.397. The molecule has 4 nitrogen and oxygen atoms in total. The molecule has 0 saturated carbocycles. The molecule has 0 aliphatic carbocycles. The van der Waals surface area contributed by atoms with Crippen LogP contribution >= 0.6 is 0 Å². The summed E-state index contributed by atoms with van der Waals surface area (Å²) in [7, 11) is 0. The van der Waals surface area contributed by atoms with Crippen LogP contribution in [-0.2, 0) is 16.6 Å². The summed E-state index contributed by atoms with van der Waals surface area (Å²) in [6.45, 7) is 3.26. The van der Waals surface area contributed by atoms with Gasteiger partial charge >= 0.3 is 5.97 Å². The van der Waals surface area contributed by atoms with Crippen LogP contribution in [-0.4, -0.2) is 18.7 Å². The second kappa shape index (κ2) is 5.39. The molecule has 1 saturated heterocycles. The van der Waals surface area contributed by atoms with Gasteiger partial charge in [-0.2, -0.15) is 0 Å². The van der Waals surface area contributed by atoms with Crippen LogP contribution in [0.1, 0.15) is 24.5 Å². The molecule has 0 amide bonds. The Morgan fingerprint density at radius 2 is 2.09 bits per heavy atom. The van der Waals surface area contributed by atoms with Crippen molar-refractivity contribution >= 4 is 11.7 Å². The maximum Gasteiger partial charge on any atom is 0.315 e. The Kier molecular flexibility index (Phi) is 3.34. The van der Waals surface area contributed by atoms with Crippen molar-refractivity contribution in [2.24, 2.45) is 0 Å². The normalized spacial score (nSPS) is 24.7. The van der Waals surface area contributed by atoms with Crippen LogP contribution < -0.4 is 15.4 Å². The number of rotatable bonds is 3. The SMILES string of the molecule is C[C@@]12CCNC1Nc1ccc(OC(=O)Cc3ccccc3)cc12. The zero-order chi connectivity index (χ0) is 15.9. The molecule has 2 aliphatic heterocycles. The largest absolute Gasteiger partial charge is 0.426 e. The first-order valence-electron chi connectivity index (χ1n) is 8.04. The number of anilines is 1. The van der Waals surface area contributed by atoms with Gasteiger partial charge in [-0.1, -0.05) is 37.3 Å². The number of esters is 1. The Labute approximate surface area is 135 Å². The van der Waals surface area contributed by atoms with Crippen LogP contribution in [0.5, 0.6) is 5.75 Å². The standard InChI is InChI=1S/C19H20N2O2/c1-19-9-10-20-18(19)21-16-8-7-14(12-15(16)19)23-17(22)11-13-5-3-2-4-6-13/h2-8,12,18,20-21H,9-11H2,1H3/t18?,19-/m0/s1. The van der Waals surface area contributed by atoms with Gasteiger partial charge in [-0.15, -0.1) is 0 Å². The molecule has 2 aromatic rings. The van der Waals surface area contributed by atoms with Crippen LogP contribution in [0.25, 0.3) is 0 Å². The molecule has 4 heteroatoms. The topological polar surface area (TPSA) is 50.4 Å². The fraction of sp³-hybridized carbons (Fsp3) is 0.316. The molecule has 2 N–H and O–H groups in total. The van der Waals surface area contributed by atoms with Crippen molar-refractivity contribution in [1.82, 2.24) is 5.32 Å². The van der Waals surface area contributed by atoms with E-state index in [2.05, 4.69) is 17.6 Å². The summed E-state index contributed by atoms with van der Waals surface area (Å²) in [5, 5.41) is 6.99. The lowest BCUT2D eigenvalue weighted by atomic mass is 9.81. The number of ether oxygens (including phenoxy) is 1. The van der Waals surface area contributed by atoms with Crippen molar-refractivity contribution < 1.29 is 9.53 Å². The Bertz CT molecular complexity index is 744. The molecule has 1 unspecified atom stereocenters. The summed E-state index contributed by atoms with van der Waals surface area (Å²) >= 11 is 0. The molecule has 4 rings (SSSR count). The third-order valence-corrected chi connectivity index (χ3v) is 4.96. The molecule has 118 valence electrons. The molecule has 2 atom stereocenters. The summed E-state index contributed by atoms with van der Waals surface area (Å²) in [6.07, 6.45) is 1.64. The minimum atomic E-state index is -0.228. The van der Waals surface area contributed by atoms with Gasteiger partial charge in [-0.05, 0) is 42.3 Å². The highest BCUT2D eigenvalue weighted by Gasteiger charge is 2.46. The van der Waals surface area contributed by atoms with Gasteiger partial charge in [-0.3, -0.25) is 10.1 Å². The van der Waals surface area contributed by atoms with E-state index in [-0.39, 0.29) is 24.0 Å². The van der Waals surface area contributed by atoms with Crippen LogP contribution in [0.2, 0.25) is 0 Å². The van der Waals surface area contributed by atoms with Crippen molar-refractivity contribution in [2.75, 3.05) is 11.9 Å². The Balaban J connectivity index is 1.52. The van der Waals surface area contributed by atoms with Gasteiger partial charge in [0.2, 0.25) is 0 Å². The van der Waals surface area contributed by atoms with E-state index in [4.69, 9.17) is 4.74 Å². The number of carbonyl (C=O) groups excluding carboxylic acids is 1. The first kappa shape index (κ1) is 14.3. The fourth-order valence-corrected chi connectivity index (χ4v) is 3.62. The van der Waals surface area contributed by atoms with Gasteiger partial charge in [0, 0.05) is 11.1 Å². The van der Waals surface area contributed by atoms with Crippen LogP contribution in [0, 0.1) is 0 Å². The molecule has 2 aliphatic rings. The third kappa shape index (κ3) is 2.49. The molecule has 0 bridgehead atoms. The fourth-order valence-electron chi connectivity index (χ4n) is 3.62. The van der Waals surface area contributed by atoms with E-state index in [1.165, 1.54) is 5.56 Å². The number of hydrogen-bond donors (Lipinski definition) is 2.